The summed E-state index contributed by atoms with van der Waals surface area (Å²) >= 11 is 0. The van der Waals surface area contributed by atoms with Crippen LogP contribution in [0.5, 0.6) is 5.75 Å². The number of carbonyl (C=O) groups excluding carboxylic acids is 1. The quantitative estimate of drug-likeness (QED) is 0.165. The van der Waals surface area contributed by atoms with E-state index < -0.39 is 17.7 Å². The molecule has 38 heavy (non-hydrogen) atoms. The van der Waals surface area contributed by atoms with Gasteiger partial charge in [-0.25, -0.2) is 4.79 Å². The predicted octanol–water partition coefficient (Wildman–Crippen LogP) is 5.30. The van der Waals surface area contributed by atoms with Crippen molar-refractivity contribution in [2.75, 3.05) is 13.2 Å². The lowest BCUT2D eigenvalue weighted by atomic mass is 10.0. The van der Waals surface area contributed by atoms with Crippen LogP contribution in [0, 0.1) is 23.7 Å². The smallest absolute Gasteiger partial charge is 0.417 e. The van der Waals surface area contributed by atoms with E-state index in [9.17, 15) is 18.0 Å². The van der Waals surface area contributed by atoms with Crippen molar-refractivity contribution in [2.45, 2.75) is 31.9 Å². The van der Waals surface area contributed by atoms with Gasteiger partial charge in [0.1, 0.15) is 12.1 Å². The highest BCUT2D eigenvalue weighted by atomic mass is 19.4. The van der Waals surface area contributed by atoms with Gasteiger partial charge >= 0.3 is 12.1 Å². The summed E-state index contributed by atoms with van der Waals surface area (Å²) < 4.78 is 53.1. The molecule has 0 aliphatic carbocycles. The Hall–Kier alpha value is -4.50. The van der Waals surface area contributed by atoms with Gasteiger partial charge in [-0.1, -0.05) is 24.3 Å². The van der Waals surface area contributed by atoms with E-state index in [-0.39, 0.29) is 17.0 Å². The molecule has 0 aliphatic heterocycles. The first-order chi connectivity index (χ1) is 18.3. The number of ether oxygens (including phenoxy) is 2. The molecule has 0 atom stereocenters. The molecule has 3 rings (SSSR count). The van der Waals surface area contributed by atoms with Crippen LogP contribution in [-0.4, -0.2) is 33.9 Å². The summed E-state index contributed by atoms with van der Waals surface area (Å²) in [7, 11) is 1.66. The van der Waals surface area contributed by atoms with Gasteiger partial charge < -0.3 is 14.0 Å². The van der Waals surface area contributed by atoms with E-state index in [2.05, 4.69) is 40.5 Å². The summed E-state index contributed by atoms with van der Waals surface area (Å²) in [5, 5.41) is 7.42. The fraction of sp³-hybridized carbons (Fsp3) is 0.276. The van der Waals surface area contributed by atoms with Crippen molar-refractivity contribution < 1.29 is 27.4 Å². The maximum Gasteiger partial charge on any atom is 0.417 e. The Morgan fingerprint density at radius 1 is 0.974 bits per heavy atom. The van der Waals surface area contributed by atoms with Gasteiger partial charge in [-0.2, -0.15) is 13.2 Å². The maximum atomic E-state index is 13.6. The number of aromatic nitrogens is 3. The largest absolute Gasteiger partial charge is 0.494 e. The van der Waals surface area contributed by atoms with E-state index in [4.69, 9.17) is 9.47 Å². The van der Waals surface area contributed by atoms with E-state index in [0.717, 1.165) is 37.8 Å². The number of alkyl halides is 3. The number of unbranched alkanes of at least 4 members (excludes halogenated alkanes) is 3. The fourth-order valence-corrected chi connectivity index (χ4v) is 3.24. The minimum Gasteiger partial charge on any atom is -0.494 e. The molecular weight excluding hydrogens is 495 g/mol. The number of hydrogen-bond donors (Lipinski definition) is 0. The van der Waals surface area contributed by atoms with E-state index in [1.807, 2.05) is 0 Å². The molecule has 1 heterocycles. The highest BCUT2D eigenvalue weighted by Gasteiger charge is 2.33. The second-order valence-electron chi connectivity index (χ2n) is 8.18. The third-order valence-corrected chi connectivity index (χ3v) is 5.27. The SMILES string of the molecule is C=CC(=O)OCCCCCCOc1ccc(C#Cc2ccc(C#Cc3nncn3C)c(C(F)(F)F)c2)cc1. The number of rotatable bonds is 9. The molecule has 0 amide bonds. The van der Waals surface area contributed by atoms with Gasteiger partial charge in [-0.05, 0) is 74.1 Å². The number of hydrogen-bond acceptors (Lipinski definition) is 5. The zero-order valence-electron chi connectivity index (χ0n) is 20.8. The first-order valence-electron chi connectivity index (χ1n) is 11.9. The molecule has 196 valence electrons. The summed E-state index contributed by atoms with van der Waals surface area (Å²) in [4.78, 5) is 10.9. The van der Waals surface area contributed by atoms with Gasteiger partial charge in [-0.15, -0.1) is 10.2 Å². The molecule has 2 aromatic carbocycles. The Bertz CT molecular complexity index is 1370. The number of nitrogens with zero attached hydrogens (tertiary/aromatic N) is 3. The van der Waals surface area contributed by atoms with Gasteiger partial charge in [0.15, 0.2) is 0 Å². The van der Waals surface area contributed by atoms with Crippen molar-refractivity contribution in [2.24, 2.45) is 7.05 Å². The van der Waals surface area contributed by atoms with Crippen LogP contribution in [0.1, 0.15) is 53.8 Å². The summed E-state index contributed by atoms with van der Waals surface area (Å²) in [6.45, 7) is 4.27. The highest BCUT2D eigenvalue weighted by molar-refractivity contribution is 5.81. The lowest BCUT2D eigenvalue weighted by molar-refractivity contribution is -0.138. The summed E-state index contributed by atoms with van der Waals surface area (Å²) in [6, 6.07) is 10.8. The molecule has 0 radical (unpaired) electrons. The average Bonchev–Trinajstić information content (AvgIpc) is 3.32. The third kappa shape index (κ3) is 8.86. The first-order valence-corrected chi connectivity index (χ1v) is 11.9. The molecule has 9 heteroatoms. The normalized spacial score (nSPS) is 10.5. The minimum absolute atomic E-state index is 0.163. The predicted molar refractivity (Wildman–Crippen MR) is 136 cm³/mol. The molecule has 3 aromatic rings. The minimum atomic E-state index is -4.58. The molecule has 0 saturated carbocycles. The van der Waals surface area contributed by atoms with E-state index in [1.165, 1.54) is 23.0 Å². The molecule has 0 unspecified atom stereocenters. The molecule has 0 fully saturated rings. The van der Waals surface area contributed by atoms with Gasteiger partial charge in [0, 0.05) is 29.8 Å². The van der Waals surface area contributed by atoms with Crippen LogP contribution < -0.4 is 4.74 Å². The van der Waals surface area contributed by atoms with Gasteiger partial charge in [0.25, 0.3) is 0 Å². The second kappa shape index (κ2) is 13.7. The molecule has 0 saturated heterocycles. The van der Waals surface area contributed by atoms with Crippen molar-refractivity contribution in [1.82, 2.24) is 14.8 Å². The van der Waals surface area contributed by atoms with Crippen molar-refractivity contribution in [3.05, 3.63) is 89.5 Å². The number of halogens is 3. The van der Waals surface area contributed by atoms with Crippen molar-refractivity contribution in [3.63, 3.8) is 0 Å². The lowest BCUT2D eigenvalue weighted by Gasteiger charge is -2.09. The Morgan fingerprint density at radius 2 is 1.66 bits per heavy atom. The molecule has 0 aliphatic rings. The summed E-state index contributed by atoms with van der Waals surface area (Å²) in [6.07, 6.45) is 1.49. The number of carbonyl (C=O) groups is 1. The number of aryl methyl sites for hydroxylation is 1. The second-order valence-corrected chi connectivity index (χ2v) is 8.18. The van der Waals surface area contributed by atoms with Gasteiger partial charge in [0.2, 0.25) is 5.82 Å². The van der Waals surface area contributed by atoms with Crippen molar-refractivity contribution in [3.8, 4) is 29.4 Å². The van der Waals surface area contributed by atoms with Crippen LogP contribution in [0.3, 0.4) is 0 Å². The Kier molecular flexibility index (Phi) is 10.1. The van der Waals surface area contributed by atoms with E-state index in [0.29, 0.717) is 24.5 Å². The number of esters is 1. The third-order valence-electron chi connectivity index (χ3n) is 5.27. The molecule has 6 nitrogen and oxygen atoms in total. The molecular formula is C29H26F3N3O3. The van der Waals surface area contributed by atoms with Crippen LogP contribution in [0.4, 0.5) is 13.2 Å². The fourth-order valence-electron chi connectivity index (χ4n) is 3.24. The average molecular weight is 522 g/mol. The zero-order valence-corrected chi connectivity index (χ0v) is 20.8. The van der Waals surface area contributed by atoms with Crippen LogP contribution >= 0.6 is 0 Å². The summed E-state index contributed by atoms with van der Waals surface area (Å²) in [5.41, 5.74) is -0.156. The van der Waals surface area contributed by atoms with E-state index in [1.54, 1.807) is 31.3 Å². The highest BCUT2D eigenvalue weighted by Crippen LogP contribution is 2.32. The molecule has 1 aromatic heterocycles. The van der Waals surface area contributed by atoms with Gasteiger partial charge in [0.05, 0.1) is 18.8 Å². The molecule has 0 spiro atoms. The molecule has 0 N–H and O–H groups in total. The molecule has 0 bridgehead atoms. The Morgan fingerprint density at radius 3 is 2.32 bits per heavy atom. The number of benzene rings is 2. The monoisotopic (exact) mass is 521 g/mol. The summed E-state index contributed by atoms with van der Waals surface area (Å²) in [5.74, 6) is 11.3. The standard InChI is InChI=1S/C29H26F3N3O3/c1-3-28(36)38-19-7-5-4-6-18-37-25-15-11-22(12-16-25)8-9-23-10-13-24(26(20-23)29(30,31)32)14-17-27-34-33-21-35(27)2/h3,10-13,15-16,20-21H,1,4-7,18-19H2,2H3. The van der Waals surface area contributed by atoms with Crippen LogP contribution in [0.2, 0.25) is 0 Å². The first kappa shape index (κ1) is 28.1. The van der Waals surface area contributed by atoms with Crippen molar-refractivity contribution in [1.29, 1.82) is 0 Å². The van der Waals surface area contributed by atoms with Crippen LogP contribution in [0.25, 0.3) is 0 Å². The topological polar surface area (TPSA) is 66.2 Å². The van der Waals surface area contributed by atoms with Gasteiger partial charge in [-0.3, -0.25) is 0 Å². The zero-order chi connectivity index (χ0) is 27.4. The Balaban J connectivity index is 1.55. The van der Waals surface area contributed by atoms with Crippen molar-refractivity contribution >= 4 is 5.97 Å². The van der Waals surface area contributed by atoms with Crippen LogP contribution in [0.15, 0.2) is 61.4 Å². The maximum absolute atomic E-state index is 13.6. The van der Waals surface area contributed by atoms with E-state index >= 15 is 0 Å². The lowest BCUT2D eigenvalue weighted by Crippen LogP contribution is -2.08. The van der Waals surface area contributed by atoms with Crippen LogP contribution in [-0.2, 0) is 22.8 Å². The Labute approximate surface area is 219 Å².